The maximum Gasteiger partial charge on any atom is 0.262 e. The Bertz CT molecular complexity index is 2340. The number of aromatic nitrogens is 2. The largest absolute Gasteiger partial charge is 0.507 e. The van der Waals surface area contributed by atoms with Gasteiger partial charge in [0.05, 0.1) is 23.6 Å². The number of hydrogen-bond donors (Lipinski definition) is 3. The van der Waals surface area contributed by atoms with Crippen molar-refractivity contribution in [1.82, 2.24) is 30.0 Å². The number of anilines is 1. The van der Waals surface area contributed by atoms with Gasteiger partial charge in [-0.15, -0.1) is 0 Å². The Balaban J connectivity index is 0.768. The van der Waals surface area contributed by atoms with E-state index < -0.39 is 29.7 Å². The predicted molar refractivity (Wildman–Crippen MR) is 212 cm³/mol. The summed E-state index contributed by atoms with van der Waals surface area (Å²) in [6.45, 7) is 6.87. The predicted octanol–water partition coefficient (Wildman–Crippen LogP) is 4.01. The molecule has 14 nitrogen and oxygen atoms in total. The lowest BCUT2D eigenvalue weighted by Gasteiger charge is -2.38. The van der Waals surface area contributed by atoms with E-state index in [0.717, 1.165) is 116 Å². The third-order valence-corrected chi connectivity index (χ3v) is 12.6. The first kappa shape index (κ1) is 37.0. The minimum Gasteiger partial charge on any atom is -0.507 e. The highest BCUT2D eigenvalue weighted by atomic mass is 16.5. The third kappa shape index (κ3) is 7.16. The Morgan fingerprint density at radius 2 is 1.60 bits per heavy atom. The van der Waals surface area contributed by atoms with Crippen LogP contribution in [0, 0.1) is 5.92 Å². The average Bonchev–Trinajstić information content (AvgIpc) is 4.05. The van der Waals surface area contributed by atoms with Crippen molar-refractivity contribution in [2.45, 2.75) is 63.5 Å². The molecule has 0 bridgehead atoms. The topological polar surface area (TPSA) is 168 Å². The van der Waals surface area contributed by atoms with Crippen molar-refractivity contribution in [3.8, 4) is 22.6 Å². The molecular formula is C43H47N7O7. The van der Waals surface area contributed by atoms with Gasteiger partial charge in [0.15, 0.2) is 0 Å². The molecule has 2 aromatic heterocycles. The number of ether oxygens (including phenoxy) is 1. The molecule has 4 aliphatic heterocycles. The molecule has 3 saturated heterocycles. The number of phenols is 1. The molecule has 4 fully saturated rings. The molecule has 1 saturated carbocycles. The number of pyridine rings is 2. The minimum atomic E-state index is -0.973. The summed E-state index contributed by atoms with van der Waals surface area (Å²) in [5.74, 6) is -0.108. The molecule has 1 aliphatic carbocycles. The molecule has 1 unspecified atom stereocenters. The summed E-state index contributed by atoms with van der Waals surface area (Å²) in [4.78, 5) is 78.6. The van der Waals surface area contributed by atoms with Crippen LogP contribution in [0.3, 0.4) is 0 Å². The molecule has 57 heavy (non-hydrogen) atoms. The van der Waals surface area contributed by atoms with Crippen molar-refractivity contribution < 1.29 is 29.0 Å². The third-order valence-electron chi connectivity index (χ3n) is 12.6. The Morgan fingerprint density at radius 3 is 2.33 bits per heavy atom. The fourth-order valence-electron chi connectivity index (χ4n) is 9.04. The number of nitrogens with zero attached hydrogens (tertiary/aromatic N) is 5. The second-order valence-electron chi connectivity index (χ2n) is 16.2. The van der Waals surface area contributed by atoms with E-state index in [1.165, 1.54) is 0 Å². The van der Waals surface area contributed by atoms with E-state index in [9.17, 15) is 29.1 Å². The number of fused-ring (bicyclic) bond motifs is 2. The van der Waals surface area contributed by atoms with Crippen molar-refractivity contribution in [3.05, 3.63) is 81.5 Å². The monoisotopic (exact) mass is 773 g/mol. The van der Waals surface area contributed by atoms with Crippen LogP contribution < -0.4 is 20.5 Å². The van der Waals surface area contributed by atoms with Crippen LogP contribution in [0.5, 0.6) is 11.5 Å². The molecule has 1 atom stereocenters. The van der Waals surface area contributed by atoms with Crippen molar-refractivity contribution in [3.63, 3.8) is 0 Å². The van der Waals surface area contributed by atoms with Crippen LogP contribution in [0.1, 0.15) is 82.8 Å². The zero-order valence-corrected chi connectivity index (χ0v) is 32.1. The number of piperidine rings is 2. The van der Waals surface area contributed by atoms with E-state index in [-0.39, 0.29) is 24.2 Å². The quantitative estimate of drug-likeness (QED) is 0.199. The summed E-state index contributed by atoms with van der Waals surface area (Å²) in [6, 6.07) is 10.1. The molecular weight excluding hydrogens is 727 g/mol. The summed E-state index contributed by atoms with van der Waals surface area (Å²) in [5.41, 5.74) is 4.67. The number of aromatic amines is 1. The SMILES string of the molecule is COc1cc(-c2c[nH]c(=O)c3cnc(C4CC4)cc23)cc(O)c1CN1CCC(CCN2CCN(c3ccc4c(c3)C(=O)N(C3CCC(=O)NC3=O)C4=O)CC2)CC1. The summed E-state index contributed by atoms with van der Waals surface area (Å²) >= 11 is 0. The van der Waals surface area contributed by atoms with Crippen LogP contribution in [-0.2, 0) is 16.1 Å². The maximum absolute atomic E-state index is 13.3. The Hall–Kier alpha value is -5.60. The number of carbonyl (C=O) groups excluding carboxylic acids is 4. The number of H-pyrrole nitrogens is 1. The molecule has 0 radical (unpaired) electrons. The van der Waals surface area contributed by atoms with Crippen molar-refractivity contribution in [2.75, 3.05) is 57.8 Å². The smallest absolute Gasteiger partial charge is 0.262 e. The van der Waals surface area contributed by atoms with Crippen molar-refractivity contribution in [2.24, 2.45) is 5.92 Å². The zero-order valence-electron chi connectivity index (χ0n) is 32.1. The highest BCUT2D eigenvalue weighted by Crippen LogP contribution is 2.42. The second kappa shape index (κ2) is 15.1. The number of piperazine rings is 1. The van der Waals surface area contributed by atoms with Crippen LogP contribution in [0.25, 0.3) is 21.9 Å². The van der Waals surface area contributed by atoms with Gasteiger partial charge in [0, 0.05) is 80.0 Å². The number of aromatic hydroxyl groups is 1. The maximum atomic E-state index is 13.3. The number of benzene rings is 2. The average molecular weight is 774 g/mol. The van der Waals surface area contributed by atoms with Crippen LogP contribution in [-0.4, -0.2) is 112 Å². The number of imide groups is 2. The number of rotatable bonds is 10. The number of nitrogens with one attached hydrogen (secondary N) is 2. The summed E-state index contributed by atoms with van der Waals surface area (Å²) in [7, 11) is 1.63. The summed E-state index contributed by atoms with van der Waals surface area (Å²) < 4.78 is 5.83. The van der Waals surface area contributed by atoms with Gasteiger partial charge in [-0.1, -0.05) is 0 Å². The van der Waals surface area contributed by atoms with Gasteiger partial charge < -0.3 is 19.7 Å². The zero-order chi connectivity index (χ0) is 39.4. The van der Waals surface area contributed by atoms with Crippen molar-refractivity contribution in [1.29, 1.82) is 0 Å². The fraction of sp³-hybridized carbons (Fsp3) is 0.442. The van der Waals surface area contributed by atoms with E-state index in [2.05, 4.69) is 30.0 Å². The number of likely N-dealkylation sites (tertiary alicyclic amines) is 1. The van der Waals surface area contributed by atoms with Crippen LogP contribution in [0.15, 0.2) is 53.6 Å². The first-order valence-electron chi connectivity index (χ1n) is 20.1. The Kier molecular flexibility index (Phi) is 9.77. The van der Waals surface area contributed by atoms with Gasteiger partial charge in [-0.05, 0) is 111 Å². The highest BCUT2D eigenvalue weighted by molar-refractivity contribution is 6.23. The van der Waals surface area contributed by atoms with Gasteiger partial charge in [0.25, 0.3) is 17.4 Å². The lowest BCUT2D eigenvalue weighted by atomic mass is 9.92. The lowest BCUT2D eigenvalue weighted by Crippen LogP contribution is -2.54. The van der Waals surface area contributed by atoms with Gasteiger partial charge in [0.1, 0.15) is 17.5 Å². The summed E-state index contributed by atoms with van der Waals surface area (Å²) in [6.07, 6.45) is 9.11. The van der Waals surface area contributed by atoms with Gasteiger partial charge in [-0.3, -0.25) is 49.0 Å². The van der Waals surface area contributed by atoms with Gasteiger partial charge in [-0.25, -0.2) is 0 Å². The van der Waals surface area contributed by atoms with Gasteiger partial charge >= 0.3 is 0 Å². The first-order chi connectivity index (χ1) is 27.6. The molecule has 6 heterocycles. The van der Waals surface area contributed by atoms with E-state index in [0.29, 0.717) is 40.6 Å². The van der Waals surface area contributed by atoms with Gasteiger partial charge in [-0.2, -0.15) is 0 Å². The number of phenolic OH excluding ortho intramolecular Hbond substituents is 1. The molecule has 2 aromatic carbocycles. The molecule has 3 N–H and O–H groups in total. The number of carbonyl (C=O) groups is 4. The molecule has 14 heteroatoms. The summed E-state index contributed by atoms with van der Waals surface area (Å²) in [5, 5.41) is 14.9. The van der Waals surface area contributed by atoms with Crippen LogP contribution >= 0.6 is 0 Å². The molecule has 4 aromatic rings. The lowest BCUT2D eigenvalue weighted by molar-refractivity contribution is -0.136. The van der Waals surface area contributed by atoms with Crippen LogP contribution in [0.2, 0.25) is 0 Å². The molecule has 4 amide bonds. The highest BCUT2D eigenvalue weighted by Gasteiger charge is 2.45. The number of hydrogen-bond acceptors (Lipinski definition) is 11. The van der Waals surface area contributed by atoms with E-state index >= 15 is 0 Å². The molecule has 296 valence electrons. The van der Waals surface area contributed by atoms with E-state index in [1.54, 1.807) is 37.7 Å². The van der Waals surface area contributed by atoms with Crippen molar-refractivity contribution >= 4 is 40.1 Å². The Labute approximate surface area is 329 Å². The Morgan fingerprint density at radius 1 is 0.825 bits per heavy atom. The van der Waals surface area contributed by atoms with Crippen LogP contribution in [0.4, 0.5) is 5.69 Å². The molecule has 9 rings (SSSR count). The minimum absolute atomic E-state index is 0.0919. The molecule has 0 spiro atoms. The normalized spacial score (nSPS) is 21.0. The van der Waals surface area contributed by atoms with E-state index in [4.69, 9.17) is 4.74 Å². The number of methoxy groups -OCH3 is 1. The standard InChI is InChI=1S/C43H47N7O7/c1-57-38-19-27(32-22-45-40(53)33-23-44-35(21-30(32)33)26-2-3-26)18-37(51)34(38)24-48-12-9-25(10-13-48)8-11-47-14-16-49(17-15-47)28-4-5-29-31(20-28)43(56)50(42(29)55)36-6-7-39(52)46-41(36)54/h4-5,18-23,25-26,36,51H,2-3,6-17,24H2,1H3,(H,45,53)(H,46,52,54). The van der Waals surface area contributed by atoms with Gasteiger partial charge in [0.2, 0.25) is 11.8 Å². The second-order valence-corrected chi connectivity index (χ2v) is 16.2. The molecule has 5 aliphatic rings. The fourth-order valence-corrected chi connectivity index (χ4v) is 9.04. The number of amides is 4. The van der Waals surface area contributed by atoms with E-state index in [1.807, 2.05) is 18.2 Å². The first-order valence-corrected chi connectivity index (χ1v) is 20.1.